The van der Waals surface area contributed by atoms with E-state index in [-0.39, 0.29) is 11.6 Å². The molecule has 0 atom stereocenters. The van der Waals surface area contributed by atoms with Gasteiger partial charge in [0.25, 0.3) is 11.6 Å². The molecule has 1 fully saturated rings. The predicted octanol–water partition coefficient (Wildman–Crippen LogP) is 4.98. The maximum absolute atomic E-state index is 13.3. The average Bonchev–Trinajstić information content (AvgIpc) is 3.41. The summed E-state index contributed by atoms with van der Waals surface area (Å²) in [5, 5.41) is 17.2. The molecule has 1 amide bonds. The maximum Gasteiger partial charge on any atom is 0.269 e. The van der Waals surface area contributed by atoms with E-state index in [1.165, 1.54) is 23.5 Å². The number of benzene rings is 2. The number of nitro benzene ring substituents is 1. The van der Waals surface area contributed by atoms with E-state index in [1.54, 1.807) is 12.1 Å². The van der Waals surface area contributed by atoms with Crippen molar-refractivity contribution in [2.45, 2.75) is 13.5 Å². The average molecular weight is 496 g/mol. The third kappa shape index (κ3) is 4.24. The first kappa shape index (κ1) is 22.4. The van der Waals surface area contributed by atoms with Crippen molar-refractivity contribution in [1.82, 2.24) is 14.7 Å². The van der Waals surface area contributed by atoms with Crippen molar-refractivity contribution in [3.05, 3.63) is 85.9 Å². The molecule has 3 heterocycles. The van der Waals surface area contributed by atoms with Crippen molar-refractivity contribution < 1.29 is 9.72 Å². The molecule has 2 aromatic carbocycles. The molecule has 1 aliphatic rings. The van der Waals surface area contributed by atoms with Crippen LogP contribution in [0.15, 0.2) is 54.6 Å². The summed E-state index contributed by atoms with van der Waals surface area (Å²) in [5.41, 5.74) is 2.87. The monoisotopic (exact) mass is 495 g/mol. The standard InChI is InChI=1S/C24H22ClN5O3S/c1-16-20-14-22(34-24(20)29(26-16)15-17-4-2-3-5-21(17)25)23(31)28-12-10-27(11-13-28)18-6-8-19(9-7-18)30(32)33/h2-9,14H,10-13,15H2,1H3. The number of thiophene rings is 1. The zero-order valence-electron chi connectivity index (χ0n) is 18.5. The second kappa shape index (κ2) is 9.08. The van der Waals surface area contributed by atoms with Crippen LogP contribution in [-0.2, 0) is 6.54 Å². The van der Waals surface area contributed by atoms with Crippen LogP contribution in [0.2, 0.25) is 5.02 Å². The van der Waals surface area contributed by atoms with Gasteiger partial charge in [-0.3, -0.25) is 19.6 Å². The Kier molecular flexibility index (Phi) is 5.97. The number of hydrogen-bond donors (Lipinski definition) is 0. The lowest BCUT2D eigenvalue weighted by molar-refractivity contribution is -0.384. The Morgan fingerprint density at radius 3 is 2.50 bits per heavy atom. The van der Waals surface area contributed by atoms with Gasteiger partial charge in [-0.2, -0.15) is 5.10 Å². The molecule has 1 aliphatic heterocycles. The van der Waals surface area contributed by atoms with Crippen LogP contribution < -0.4 is 4.90 Å². The third-order valence-electron chi connectivity index (χ3n) is 6.09. The first-order valence-corrected chi connectivity index (χ1v) is 12.1. The fourth-order valence-corrected chi connectivity index (χ4v) is 5.55. The van der Waals surface area contributed by atoms with E-state index < -0.39 is 4.92 Å². The molecule has 2 aromatic heterocycles. The van der Waals surface area contributed by atoms with Crippen LogP contribution in [0.1, 0.15) is 20.9 Å². The van der Waals surface area contributed by atoms with Crippen LogP contribution in [0.4, 0.5) is 11.4 Å². The third-order valence-corrected chi connectivity index (χ3v) is 7.59. The van der Waals surface area contributed by atoms with E-state index in [1.807, 2.05) is 46.8 Å². The highest BCUT2D eigenvalue weighted by Crippen LogP contribution is 2.31. The smallest absolute Gasteiger partial charge is 0.269 e. The van der Waals surface area contributed by atoms with Gasteiger partial charge in [-0.25, -0.2) is 0 Å². The minimum absolute atomic E-state index is 0.0215. The lowest BCUT2D eigenvalue weighted by atomic mass is 10.2. The number of nitro groups is 1. The molecule has 0 radical (unpaired) electrons. The van der Waals surface area contributed by atoms with Crippen molar-refractivity contribution >= 4 is 50.4 Å². The predicted molar refractivity (Wildman–Crippen MR) is 134 cm³/mol. The van der Waals surface area contributed by atoms with Gasteiger partial charge in [-0.15, -0.1) is 11.3 Å². The van der Waals surface area contributed by atoms with Gasteiger partial charge in [0, 0.05) is 54.4 Å². The number of anilines is 1. The van der Waals surface area contributed by atoms with E-state index >= 15 is 0 Å². The number of nitrogens with zero attached hydrogens (tertiary/aromatic N) is 5. The van der Waals surface area contributed by atoms with E-state index in [0.717, 1.165) is 27.2 Å². The molecular formula is C24H22ClN5O3S. The lowest BCUT2D eigenvalue weighted by Crippen LogP contribution is -2.48. The largest absolute Gasteiger partial charge is 0.368 e. The first-order chi connectivity index (χ1) is 16.4. The molecule has 174 valence electrons. The number of halogens is 1. The van der Waals surface area contributed by atoms with Gasteiger partial charge in [0.2, 0.25) is 0 Å². The molecule has 0 bridgehead atoms. The van der Waals surface area contributed by atoms with Gasteiger partial charge in [0.15, 0.2) is 0 Å². The van der Waals surface area contributed by atoms with Gasteiger partial charge >= 0.3 is 0 Å². The van der Waals surface area contributed by atoms with Crippen molar-refractivity contribution in [1.29, 1.82) is 0 Å². The highest BCUT2D eigenvalue weighted by molar-refractivity contribution is 7.20. The van der Waals surface area contributed by atoms with Crippen LogP contribution in [-0.4, -0.2) is 51.7 Å². The van der Waals surface area contributed by atoms with E-state index in [2.05, 4.69) is 10.00 Å². The number of non-ortho nitro benzene ring substituents is 1. The molecular weight excluding hydrogens is 474 g/mol. The van der Waals surface area contributed by atoms with Crippen molar-refractivity contribution in [2.75, 3.05) is 31.1 Å². The topological polar surface area (TPSA) is 84.5 Å². The highest BCUT2D eigenvalue weighted by atomic mass is 35.5. The molecule has 0 aliphatic carbocycles. The van der Waals surface area contributed by atoms with E-state index in [0.29, 0.717) is 42.6 Å². The molecule has 8 nitrogen and oxygen atoms in total. The number of rotatable bonds is 5. The summed E-state index contributed by atoms with van der Waals surface area (Å²) in [5.74, 6) is 0.0215. The number of carbonyl (C=O) groups is 1. The van der Waals surface area contributed by atoms with Crippen LogP contribution >= 0.6 is 22.9 Å². The van der Waals surface area contributed by atoms with Crippen molar-refractivity contribution in [2.24, 2.45) is 0 Å². The minimum Gasteiger partial charge on any atom is -0.368 e. The summed E-state index contributed by atoms with van der Waals surface area (Å²) in [7, 11) is 0. The van der Waals surface area contributed by atoms with E-state index in [4.69, 9.17) is 11.6 Å². The van der Waals surface area contributed by atoms with Crippen molar-refractivity contribution in [3.8, 4) is 0 Å². The van der Waals surface area contributed by atoms with Gasteiger partial charge in [0.05, 0.1) is 22.0 Å². The number of amides is 1. The Hall–Kier alpha value is -3.43. The number of aryl methyl sites for hydroxylation is 1. The normalized spacial score (nSPS) is 14.1. The van der Waals surface area contributed by atoms with Gasteiger partial charge in [-0.05, 0) is 36.8 Å². The number of carbonyl (C=O) groups excluding carboxylic acids is 1. The fourth-order valence-electron chi connectivity index (χ4n) is 4.22. The minimum atomic E-state index is -0.402. The number of fused-ring (bicyclic) bond motifs is 1. The molecule has 4 aromatic rings. The number of hydrogen-bond acceptors (Lipinski definition) is 6. The summed E-state index contributed by atoms with van der Waals surface area (Å²) < 4.78 is 1.92. The van der Waals surface area contributed by atoms with Crippen LogP contribution in [0, 0.1) is 17.0 Å². The zero-order valence-corrected chi connectivity index (χ0v) is 20.1. The lowest BCUT2D eigenvalue weighted by Gasteiger charge is -2.35. The number of piperazine rings is 1. The molecule has 10 heteroatoms. The van der Waals surface area contributed by atoms with Crippen LogP contribution in [0.3, 0.4) is 0 Å². The molecule has 34 heavy (non-hydrogen) atoms. The summed E-state index contributed by atoms with van der Waals surface area (Å²) in [6.07, 6.45) is 0. The molecule has 0 spiro atoms. The van der Waals surface area contributed by atoms with Crippen molar-refractivity contribution in [3.63, 3.8) is 0 Å². The Balaban J connectivity index is 1.29. The molecule has 1 saturated heterocycles. The summed E-state index contributed by atoms with van der Waals surface area (Å²) >= 11 is 7.80. The Labute approximate surface area is 205 Å². The van der Waals surface area contributed by atoms with Gasteiger partial charge in [0.1, 0.15) is 4.83 Å². The second-order valence-electron chi connectivity index (χ2n) is 8.22. The SMILES string of the molecule is Cc1nn(Cc2ccccc2Cl)c2sc(C(=O)N3CCN(c4ccc([N+](=O)[O-])cc4)CC3)cc12. The highest BCUT2D eigenvalue weighted by Gasteiger charge is 2.25. The summed E-state index contributed by atoms with van der Waals surface area (Å²) in [6.45, 7) is 5.03. The van der Waals surface area contributed by atoms with E-state index in [9.17, 15) is 14.9 Å². The molecule has 5 rings (SSSR count). The Bertz CT molecular complexity index is 1370. The maximum atomic E-state index is 13.3. The Morgan fingerprint density at radius 1 is 1.12 bits per heavy atom. The molecule has 0 unspecified atom stereocenters. The van der Waals surface area contributed by atoms with Gasteiger partial charge < -0.3 is 9.80 Å². The molecule has 0 saturated carbocycles. The first-order valence-electron chi connectivity index (χ1n) is 10.9. The van der Waals surface area contributed by atoms with Crippen LogP contribution in [0.25, 0.3) is 10.2 Å². The summed E-state index contributed by atoms with van der Waals surface area (Å²) in [6, 6.07) is 16.2. The number of aromatic nitrogens is 2. The Morgan fingerprint density at radius 2 is 1.82 bits per heavy atom. The summed E-state index contributed by atoms with van der Waals surface area (Å²) in [4.78, 5) is 29.4. The fraction of sp³-hybridized carbons (Fsp3) is 0.250. The van der Waals surface area contributed by atoms with Gasteiger partial charge in [-0.1, -0.05) is 29.8 Å². The second-order valence-corrected chi connectivity index (χ2v) is 9.65. The molecule has 0 N–H and O–H groups in total. The van der Waals surface area contributed by atoms with Crippen LogP contribution in [0.5, 0.6) is 0 Å². The quantitative estimate of drug-likeness (QED) is 0.288. The zero-order chi connectivity index (χ0) is 23.8.